The molecule has 221 valence electrons. The van der Waals surface area contributed by atoms with Crippen LogP contribution in [0.15, 0.2) is 50.4 Å². The Labute approximate surface area is 267 Å². The number of carbonyl (C=O) groups is 2. The van der Waals surface area contributed by atoms with Gasteiger partial charge in [0.2, 0.25) is 0 Å². The summed E-state index contributed by atoms with van der Waals surface area (Å²) in [6.45, 7) is 11.1. The van der Waals surface area contributed by atoms with Crippen molar-refractivity contribution in [3.05, 3.63) is 57.2 Å². The first-order valence-corrected chi connectivity index (χ1v) is 15.3. The van der Waals surface area contributed by atoms with Gasteiger partial charge < -0.3 is 9.47 Å². The average molecular weight is 691 g/mol. The monoisotopic (exact) mass is 690 g/mol. The molecule has 4 aromatic rings. The first-order chi connectivity index (χ1) is 19.9. The number of hydrogen-bond donors (Lipinski definition) is 3. The molecule has 0 aliphatic carbocycles. The van der Waals surface area contributed by atoms with Crippen molar-refractivity contribution < 1.29 is 19.1 Å². The first-order valence-electron chi connectivity index (χ1n) is 12.4. The number of nitrogens with one attached hydrogen (secondary N) is 2. The van der Waals surface area contributed by atoms with Gasteiger partial charge in [-0.05, 0) is 80.7 Å². The summed E-state index contributed by atoms with van der Waals surface area (Å²) < 4.78 is 13.7. The van der Waals surface area contributed by atoms with E-state index < -0.39 is 12.2 Å². The Morgan fingerprint density at radius 3 is 1.71 bits per heavy atom. The minimum absolute atomic E-state index is 0.149. The van der Waals surface area contributed by atoms with Crippen molar-refractivity contribution in [3.8, 4) is 21.4 Å². The molecule has 0 aromatic carbocycles. The third kappa shape index (κ3) is 12.0. The molecule has 2 amide bonds. The van der Waals surface area contributed by atoms with E-state index in [1.54, 1.807) is 52.5 Å². The number of pyridine rings is 2. The number of aryl methyl sites for hydroxylation is 2. The summed E-state index contributed by atoms with van der Waals surface area (Å²) in [5.41, 5.74) is 4.75. The Morgan fingerprint density at radius 1 is 0.881 bits per heavy atom. The van der Waals surface area contributed by atoms with E-state index in [4.69, 9.17) is 9.47 Å². The Morgan fingerprint density at radius 2 is 1.36 bits per heavy atom. The molecule has 0 aliphatic heterocycles. The molecule has 0 bridgehead atoms. The van der Waals surface area contributed by atoms with E-state index >= 15 is 0 Å². The number of thiol groups is 1. The number of hydrogen-bond acceptors (Lipinski definition) is 12. The van der Waals surface area contributed by atoms with Crippen molar-refractivity contribution in [2.45, 2.75) is 53.8 Å². The molecule has 42 heavy (non-hydrogen) atoms. The van der Waals surface area contributed by atoms with Gasteiger partial charge in [-0.3, -0.25) is 20.6 Å². The van der Waals surface area contributed by atoms with Gasteiger partial charge in [-0.25, -0.2) is 19.6 Å². The zero-order valence-electron chi connectivity index (χ0n) is 23.8. The number of anilines is 2. The molecule has 0 saturated heterocycles. The molecule has 11 nitrogen and oxygen atoms in total. The predicted molar refractivity (Wildman–Crippen MR) is 176 cm³/mol. The summed E-state index contributed by atoms with van der Waals surface area (Å²) in [5, 5.41) is 8.91. The SMILES string of the molecule is Cc1cc(NC(=O)OC(C)C)cnc1-c1ncc(Br)s1.Cc1cc(NC(=O)OC(C)C)cnc1-c1nccs1.[B]=NS. The molecular formula is C26H30BBrN7O4S3. The molecule has 4 aromatic heterocycles. The van der Waals surface area contributed by atoms with Crippen LogP contribution in [0.3, 0.4) is 0 Å². The third-order valence-electron chi connectivity index (χ3n) is 4.65. The summed E-state index contributed by atoms with van der Waals surface area (Å²) >= 11 is 9.62. The number of aromatic nitrogens is 4. The summed E-state index contributed by atoms with van der Waals surface area (Å²) in [6.07, 6.45) is 5.43. The van der Waals surface area contributed by atoms with Crippen LogP contribution in [0.25, 0.3) is 21.4 Å². The second-order valence-electron chi connectivity index (χ2n) is 8.86. The van der Waals surface area contributed by atoms with E-state index in [0.717, 1.165) is 36.3 Å². The first kappa shape index (κ1) is 35.0. The Balaban J connectivity index is 0.000000269. The fourth-order valence-corrected chi connectivity index (χ4v) is 5.13. The Hall–Kier alpha value is -3.21. The maximum absolute atomic E-state index is 11.5. The zero-order chi connectivity index (χ0) is 31.2. The summed E-state index contributed by atoms with van der Waals surface area (Å²) in [5.74, 6) is 0. The van der Waals surface area contributed by atoms with Gasteiger partial charge >= 0.3 is 36.9 Å². The molecule has 4 rings (SSSR count). The van der Waals surface area contributed by atoms with Crippen molar-refractivity contribution in [2.24, 2.45) is 4.30 Å². The molecule has 16 heteroatoms. The number of nitrogens with zero attached hydrogens (tertiary/aromatic N) is 5. The molecule has 0 spiro atoms. The van der Waals surface area contributed by atoms with Gasteiger partial charge in [-0.2, -0.15) is 0 Å². The number of thiazole rings is 2. The number of ether oxygens (including phenoxy) is 2. The summed E-state index contributed by atoms with van der Waals surface area (Å²) in [7, 11) is 4.34. The van der Waals surface area contributed by atoms with Gasteiger partial charge in [-0.1, -0.05) is 0 Å². The van der Waals surface area contributed by atoms with Crippen LogP contribution >= 0.6 is 51.4 Å². The molecule has 1 radical (unpaired) electrons. The Kier molecular flexibility index (Phi) is 14.7. The van der Waals surface area contributed by atoms with Crippen LogP contribution in [0.5, 0.6) is 0 Å². The van der Waals surface area contributed by atoms with Crippen LogP contribution in [-0.2, 0) is 9.47 Å². The van der Waals surface area contributed by atoms with E-state index in [-0.39, 0.29) is 12.2 Å². The minimum atomic E-state index is -0.481. The van der Waals surface area contributed by atoms with Crippen LogP contribution < -0.4 is 10.6 Å². The van der Waals surface area contributed by atoms with Crippen molar-refractivity contribution in [1.82, 2.24) is 19.9 Å². The standard InChI is InChI=1S/C13H14BrN3O2S.C13H15N3O2S.BHNS/c1-7(2)19-13(18)17-9-4-8(3)11(15-5-9)12-16-6-10(14)20-12;1-8(2)18-13(17)16-10-6-9(3)11(15-7-10)12-14-4-5-19-12;1-2-3/h4-7H,1-3H3,(H,17,18);4-8H,1-3H3,(H,16,17);3H. The van der Waals surface area contributed by atoms with Gasteiger partial charge in [0, 0.05) is 11.6 Å². The molecule has 0 saturated carbocycles. The summed E-state index contributed by atoms with van der Waals surface area (Å²) in [4.78, 5) is 40.2. The normalized spacial score (nSPS) is 10.1. The van der Waals surface area contributed by atoms with Crippen molar-refractivity contribution >= 4 is 82.6 Å². The fraction of sp³-hybridized carbons (Fsp3) is 0.308. The van der Waals surface area contributed by atoms with Crippen molar-refractivity contribution in [3.63, 3.8) is 0 Å². The second kappa shape index (κ2) is 17.7. The van der Waals surface area contributed by atoms with Gasteiger partial charge in [0.1, 0.15) is 21.4 Å². The summed E-state index contributed by atoms with van der Waals surface area (Å²) in [6, 6.07) is 3.70. The van der Waals surface area contributed by atoms with Gasteiger partial charge in [0.05, 0.1) is 46.0 Å². The van der Waals surface area contributed by atoms with E-state index in [9.17, 15) is 9.59 Å². The second-order valence-corrected chi connectivity index (χ2v) is 12.4. The van der Waals surface area contributed by atoms with Crippen LogP contribution in [0.2, 0.25) is 0 Å². The van der Waals surface area contributed by atoms with E-state index in [2.05, 4.69) is 71.3 Å². The Bertz CT molecular complexity index is 1470. The maximum atomic E-state index is 11.5. The quantitative estimate of drug-likeness (QED) is 0.137. The molecule has 0 fully saturated rings. The van der Waals surface area contributed by atoms with E-state index in [1.165, 1.54) is 22.7 Å². The van der Waals surface area contributed by atoms with E-state index in [1.807, 2.05) is 31.4 Å². The third-order valence-corrected chi connectivity index (χ3v) is 6.91. The molecule has 0 atom stereocenters. The number of rotatable bonds is 6. The topological polar surface area (TPSA) is 141 Å². The molecule has 4 heterocycles. The van der Waals surface area contributed by atoms with Crippen molar-refractivity contribution in [1.29, 1.82) is 0 Å². The van der Waals surface area contributed by atoms with Crippen LogP contribution in [0.4, 0.5) is 21.0 Å². The fourth-order valence-electron chi connectivity index (χ4n) is 3.16. The molecule has 0 aliphatic rings. The van der Waals surface area contributed by atoms with Crippen LogP contribution in [-0.4, -0.2) is 52.0 Å². The average Bonchev–Trinajstić information content (AvgIpc) is 3.56. The van der Waals surface area contributed by atoms with E-state index in [0.29, 0.717) is 11.4 Å². The number of amides is 2. The van der Waals surface area contributed by atoms with Crippen LogP contribution in [0, 0.1) is 13.8 Å². The predicted octanol–water partition coefficient (Wildman–Crippen LogP) is 7.89. The van der Waals surface area contributed by atoms with Gasteiger partial charge in [-0.15, -0.1) is 22.7 Å². The molecule has 2 N–H and O–H groups in total. The number of halogens is 1. The molecule has 0 unspecified atom stereocenters. The molecular weight excluding hydrogens is 661 g/mol. The van der Waals surface area contributed by atoms with Crippen LogP contribution in [0.1, 0.15) is 38.8 Å². The van der Waals surface area contributed by atoms with Gasteiger partial charge in [0.25, 0.3) is 0 Å². The van der Waals surface area contributed by atoms with Crippen molar-refractivity contribution in [2.75, 3.05) is 10.6 Å². The zero-order valence-corrected chi connectivity index (χ0v) is 27.9. The number of carbonyl (C=O) groups excluding carboxylic acids is 2. The van der Waals surface area contributed by atoms with Gasteiger partial charge in [0.15, 0.2) is 0 Å².